The number of nitrogen functional groups attached to an aromatic ring is 1. The number of ketones is 1. The lowest BCUT2D eigenvalue weighted by atomic mass is 10.0. The Hall–Kier alpha value is -2.74. The van der Waals surface area contributed by atoms with Gasteiger partial charge in [0.2, 0.25) is 5.78 Å². The molecule has 8 nitrogen and oxygen atoms in total. The number of ether oxygens (including phenoxy) is 3. The van der Waals surface area contributed by atoms with E-state index in [-0.39, 0.29) is 35.1 Å². The van der Waals surface area contributed by atoms with E-state index in [2.05, 4.69) is 5.10 Å². The zero-order chi connectivity index (χ0) is 18.6. The SMILES string of the molecule is CCOC(=O)c1cn(CCl)nc1C(=O)c1cc(OC)c(OC)cc1N. The molecule has 1 aromatic carbocycles. The summed E-state index contributed by atoms with van der Waals surface area (Å²) in [5.41, 5.74) is 6.16. The zero-order valence-corrected chi connectivity index (χ0v) is 14.8. The highest BCUT2D eigenvalue weighted by Crippen LogP contribution is 2.33. The van der Waals surface area contributed by atoms with Crippen molar-refractivity contribution in [1.82, 2.24) is 9.78 Å². The van der Waals surface area contributed by atoms with Crippen LogP contribution in [0.3, 0.4) is 0 Å². The Morgan fingerprint density at radius 3 is 2.40 bits per heavy atom. The van der Waals surface area contributed by atoms with Gasteiger partial charge in [0.05, 0.1) is 26.4 Å². The van der Waals surface area contributed by atoms with Crippen LogP contribution < -0.4 is 15.2 Å². The van der Waals surface area contributed by atoms with Crippen LogP contribution in [-0.2, 0) is 10.7 Å². The molecule has 1 heterocycles. The van der Waals surface area contributed by atoms with Gasteiger partial charge in [0.1, 0.15) is 17.3 Å². The number of nitrogens with zero attached hydrogens (tertiary/aromatic N) is 2. The molecule has 0 fully saturated rings. The molecule has 0 amide bonds. The van der Waals surface area contributed by atoms with E-state index in [1.807, 2.05) is 0 Å². The minimum Gasteiger partial charge on any atom is -0.493 e. The minimum atomic E-state index is -0.665. The van der Waals surface area contributed by atoms with Gasteiger partial charge in [0.25, 0.3) is 0 Å². The molecule has 0 saturated heterocycles. The number of carbonyl (C=O) groups excluding carboxylic acids is 2. The summed E-state index contributed by atoms with van der Waals surface area (Å²) in [7, 11) is 2.90. The Morgan fingerprint density at radius 2 is 1.84 bits per heavy atom. The first-order valence-electron chi connectivity index (χ1n) is 7.33. The molecule has 0 spiro atoms. The standard InChI is InChI=1S/C16H18ClN3O5/c1-4-25-16(22)10-7-20(8-17)19-14(10)15(21)9-5-12(23-2)13(24-3)6-11(9)18/h5-7H,4,8,18H2,1-3H3. The molecule has 0 saturated carbocycles. The normalized spacial score (nSPS) is 10.4. The fourth-order valence-corrected chi connectivity index (χ4v) is 2.35. The number of esters is 1. The lowest BCUT2D eigenvalue weighted by Gasteiger charge is -2.11. The maximum absolute atomic E-state index is 12.9. The van der Waals surface area contributed by atoms with Crippen molar-refractivity contribution in [2.24, 2.45) is 0 Å². The summed E-state index contributed by atoms with van der Waals surface area (Å²) in [6, 6.07) is 2.88. The van der Waals surface area contributed by atoms with Crippen LogP contribution in [0.5, 0.6) is 11.5 Å². The molecule has 2 N–H and O–H groups in total. The van der Waals surface area contributed by atoms with E-state index in [9.17, 15) is 9.59 Å². The minimum absolute atomic E-state index is 0.0154. The van der Waals surface area contributed by atoms with Gasteiger partial charge in [0, 0.05) is 18.0 Å². The molecule has 1 aromatic heterocycles. The summed E-state index contributed by atoms with van der Waals surface area (Å²) in [6.45, 7) is 1.83. The molecule has 2 aromatic rings. The number of anilines is 1. The van der Waals surface area contributed by atoms with Crippen LogP contribution >= 0.6 is 11.6 Å². The van der Waals surface area contributed by atoms with E-state index < -0.39 is 11.8 Å². The summed E-state index contributed by atoms with van der Waals surface area (Å²) in [6.07, 6.45) is 1.36. The van der Waals surface area contributed by atoms with Gasteiger partial charge in [-0.25, -0.2) is 4.79 Å². The fourth-order valence-electron chi connectivity index (χ4n) is 2.23. The van der Waals surface area contributed by atoms with Crippen molar-refractivity contribution < 1.29 is 23.8 Å². The van der Waals surface area contributed by atoms with E-state index in [4.69, 9.17) is 31.5 Å². The fraction of sp³-hybridized carbons (Fsp3) is 0.312. The number of nitrogens with two attached hydrogens (primary N) is 1. The van der Waals surface area contributed by atoms with Crippen LogP contribution in [0, 0.1) is 0 Å². The van der Waals surface area contributed by atoms with Gasteiger partial charge in [-0.1, -0.05) is 0 Å². The van der Waals surface area contributed by atoms with Gasteiger partial charge in [-0.15, -0.1) is 11.6 Å². The Kier molecular flexibility index (Phi) is 5.87. The predicted octanol–water partition coefficient (Wildman–Crippen LogP) is 2.09. The number of methoxy groups -OCH3 is 2. The first-order valence-corrected chi connectivity index (χ1v) is 7.86. The monoisotopic (exact) mass is 367 g/mol. The van der Waals surface area contributed by atoms with E-state index >= 15 is 0 Å². The summed E-state index contributed by atoms with van der Waals surface area (Å²) >= 11 is 5.74. The largest absolute Gasteiger partial charge is 0.493 e. The topological polar surface area (TPSA) is 106 Å². The molecule has 9 heteroatoms. The quantitative estimate of drug-likeness (QED) is 0.345. The molecule has 0 atom stereocenters. The van der Waals surface area contributed by atoms with E-state index in [0.29, 0.717) is 11.5 Å². The number of halogens is 1. The van der Waals surface area contributed by atoms with Crippen LogP contribution in [0.15, 0.2) is 18.3 Å². The summed E-state index contributed by atoms with van der Waals surface area (Å²) in [4.78, 5) is 25.0. The van der Waals surface area contributed by atoms with Gasteiger partial charge in [0.15, 0.2) is 11.5 Å². The molecule has 0 bridgehead atoms. The average molecular weight is 368 g/mol. The van der Waals surface area contributed by atoms with Crippen LogP contribution in [0.1, 0.15) is 33.3 Å². The number of aromatic nitrogens is 2. The number of rotatable bonds is 7. The van der Waals surface area contributed by atoms with Gasteiger partial charge >= 0.3 is 5.97 Å². The van der Waals surface area contributed by atoms with Crippen LogP contribution in [0.2, 0.25) is 0 Å². The van der Waals surface area contributed by atoms with Gasteiger partial charge in [-0.05, 0) is 13.0 Å². The van der Waals surface area contributed by atoms with E-state index in [0.717, 1.165) is 0 Å². The first kappa shape index (κ1) is 18.6. The Balaban J connectivity index is 2.54. The molecule has 0 aliphatic heterocycles. The van der Waals surface area contributed by atoms with E-state index in [1.165, 1.54) is 37.2 Å². The molecule has 0 aliphatic carbocycles. The third kappa shape index (κ3) is 3.69. The maximum atomic E-state index is 12.9. The molecule has 134 valence electrons. The zero-order valence-electron chi connectivity index (χ0n) is 14.0. The van der Waals surface area contributed by atoms with Crippen molar-refractivity contribution >= 4 is 29.0 Å². The van der Waals surface area contributed by atoms with Crippen molar-refractivity contribution in [2.45, 2.75) is 12.9 Å². The number of alkyl halides is 1. The third-order valence-corrected chi connectivity index (χ3v) is 3.64. The Labute approximate surface area is 149 Å². The summed E-state index contributed by atoms with van der Waals surface area (Å²) in [5.74, 6) is -0.505. The van der Waals surface area contributed by atoms with Crippen molar-refractivity contribution in [3.8, 4) is 11.5 Å². The smallest absolute Gasteiger partial charge is 0.342 e. The highest BCUT2D eigenvalue weighted by molar-refractivity contribution is 6.17. The molecule has 0 radical (unpaired) electrons. The van der Waals surface area contributed by atoms with Crippen LogP contribution in [0.25, 0.3) is 0 Å². The summed E-state index contributed by atoms with van der Waals surface area (Å²) < 4.78 is 16.6. The molecular formula is C16H18ClN3O5. The second-order valence-corrected chi connectivity index (χ2v) is 5.13. The second-order valence-electron chi connectivity index (χ2n) is 4.89. The number of benzene rings is 1. The molecular weight excluding hydrogens is 350 g/mol. The molecule has 25 heavy (non-hydrogen) atoms. The molecule has 0 aliphatic rings. The van der Waals surface area contributed by atoms with Crippen molar-refractivity contribution in [2.75, 3.05) is 26.6 Å². The lowest BCUT2D eigenvalue weighted by Crippen LogP contribution is -2.13. The van der Waals surface area contributed by atoms with E-state index in [1.54, 1.807) is 6.92 Å². The van der Waals surface area contributed by atoms with Gasteiger partial charge < -0.3 is 19.9 Å². The van der Waals surface area contributed by atoms with Crippen molar-refractivity contribution in [1.29, 1.82) is 0 Å². The van der Waals surface area contributed by atoms with Crippen molar-refractivity contribution in [3.05, 3.63) is 35.2 Å². The Bertz CT molecular complexity index is 803. The third-order valence-electron chi connectivity index (χ3n) is 3.39. The predicted molar refractivity (Wildman–Crippen MR) is 91.4 cm³/mol. The molecule has 2 rings (SSSR count). The highest BCUT2D eigenvalue weighted by atomic mass is 35.5. The van der Waals surface area contributed by atoms with Crippen LogP contribution in [-0.4, -0.2) is 42.4 Å². The van der Waals surface area contributed by atoms with Crippen molar-refractivity contribution in [3.63, 3.8) is 0 Å². The van der Waals surface area contributed by atoms with Gasteiger partial charge in [-0.2, -0.15) is 5.10 Å². The average Bonchev–Trinajstić information content (AvgIpc) is 3.05. The number of hydrogen-bond donors (Lipinski definition) is 1. The lowest BCUT2D eigenvalue weighted by molar-refractivity contribution is 0.0523. The summed E-state index contributed by atoms with van der Waals surface area (Å²) in [5, 5.41) is 4.05. The second kappa shape index (κ2) is 7.89. The Morgan fingerprint density at radius 1 is 1.20 bits per heavy atom. The van der Waals surface area contributed by atoms with Crippen LogP contribution in [0.4, 0.5) is 5.69 Å². The molecule has 0 unspecified atom stereocenters. The first-order chi connectivity index (χ1) is 12.0. The highest BCUT2D eigenvalue weighted by Gasteiger charge is 2.26. The number of hydrogen-bond acceptors (Lipinski definition) is 7. The number of carbonyl (C=O) groups is 2. The maximum Gasteiger partial charge on any atom is 0.342 e. The van der Waals surface area contributed by atoms with Gasteiger partial charge in [-0.3, -0.25) is 9.48 Å².